The van der Waals surface area contributed by atoms with E-state index < -0.39 is 17.5 Å². The van der Waals surface area contributed by atoms with E-state index in [4.69, 9.17) is 14.0 Å². The molecule has 3 aromatic rings. The summed E-state index contributed by atoms with van der Waals surface area (Å²) < 4.78 is 43.1. The Labute approximate surface area is 177 Å². The second-order valence-corrected chi connectivity index (χ2v) is 7.14. The summed E-state index contributed by atoms with van der Waals surface area (Å²) in [5.74, 6) is -0.125. The Balaban J connectivity index is 1.44. The molecule has 0 bridgehead atoms. The number of halogens is 2. The lowest BCUT2D eigenvalue weighted by Gasteiger charge is -2.19. The number of ether oxygens (including phenoxy) is 2. The molecule has 0 radical (unpaired) electrons. The highest BCUT2D eigenvalue weighted by Crippen LogP contribution is 2.34. The summed E-state index contributed by atoms with van der Waals surface area (Å²) in [4.78, 5) is 14.4. The van der Waals surface area contributed by atoms with Crippen molar-refractivity contribution in [3.63, 3.8) is 0 Å². The van der Waals surface area contributed by atoms with Gasteiger partial charge in [-0.3, -0.25) is 4.79 Å². The average Bonchev–Trinajstić information content (AvgIpc) is 3.43. The molecule has 1 unspecified atom stereocenters. The largest absolute Gasteiger partial charge is 0.497 e. The molecule has 1 aliphatic heterocycles. The molecule has 0 saturated carbocycles. The third-order valence-corrected chi connectivity index (χ3v) is 5.19. The monoisotopic (exact) mass is 429 g/mol. The second kappa shape index (κ2) is 8.63. The molecule has 1 saturated heterocycles. The van der Waals surface area contributed by atoms with Crippen molar-refractivity contribution in [1.82, 2.24) is 10.5 Å². The van der Waals surface area contributed by atoms with Gasteiger partial charge in [-0.05, 0) is 36.8 Å². The van der Waals surface area contributed by atoms with E-state index in [9.17, 15) is 13.6 Å². The first-order valence-electron chi connectivity index (χ1n) is 9.68. The van der Waals surface area contributed by atoms with Gasteiger partial charge in [-0.25, -0.2) is 8.78 Å². The van der Waals surface area contributed by atoms with Crippen LogP contribution in [0.2, 0.25) is 0 Å². The van der Waals surface area contributed by atoms with E-state index in [0.717, 1.165) is 6.07 Å². The first-order valence-corrected chi connectivity index (χ1v) is 9.68. The second-order valence-electron chi connectivity index (χ2n) is 7.14. The van der Waals surface area contributed by atoms with E-state index in [1.54, 1.807) is 30.2 Å². The number of carbonyl (C=O) groups excluding carboxylic acids is 1. The SMILES string of the molecule is COc1ccc(OC)c(-c2cc(C(=O)NC3CCN(c4ccc(F)cc4F)C3)no2)c1. The molecule has 9 heteroatoms. The molecule has 1 amide bonds. The Bertz CT molecular complexity index is 1100. The maximum Gasteiger partial charge on any atom is 0.273 e. The molecule has 31 heavy (non-hydrogen) atoms. The molecule has 162 valence electrons. The van der Waals surface area contributed by atoms with Gasteiger partial charge >= 0.3 is 0 Å². The summed E-state index contributed by atoms with van der Waals surface area (Å²) in [6, 6.07) is 10.0. The van der Waals surface area contributed by atoms with Crippen LogP contribution in [0.3, 0.4) is 0 Å². The summed E-state index contributed by atoms with van der Waals surface area (Å²) >= 11 is 0. The van der Waals surface area contributed by atoms with Gasteiger partial charge in [0.25, 0.3) is 5.91 Å². The van der Waals surface area contributed by atoms with Crippen LogP contribution in [0.4, 0.5) is 14.5 Å². The fraction of sp³-hybridized carbons (Fsp3) is 0.273. The van der Waals surface area contributed by atoms with Crippen LogP contribution >= 0.6 is 0 Å². The molecule has 2 aromatic carbocycles. The van der Waals surface area contributed by atoms with Crippen LogP contribution in [0.15, 0.2) is 47.0 Å². The van der Waals surface area contributed by atoms with Gasteiger partial charge in [0.1, 0.15) is 23.1 Å². The van der Waals surface area contributed by atoms with Crippen molar-refractivity contribution < 1.29 is 27.6 Å². The zero-order chi connectivity index (χ0) is 22.0. The Morgan fingerprint density at radius 1 is 1.16 bits per heavy atom. The Morgan fingerprint density at radius 3 is 2.74 bits per heavy atom. The lowest BCUT2D eigenvalue weighted by Crippen LogP contribution is -2.37. The lowest BCUT2D eigenvalue weighted by atomic mass is 10.1. The van der Waals surface area contributed by atoms with Crippen molar-refractivity contribution >= 4 is 11.6 Å². The minimum Gasteiger partial charge on any atom is -0.497 e. The van der Waals surface area contributed by atoms with Gasteiger partial charge in [-0.15, -0.1) is 0 Å². The molecule has 7 nitrogen and oxygen atoms in total. The van der Waals surface area contributed by atoms with Crippen molar-refractivity contribution in [1.29, 1.82) is 0 Å². The van der Waals surface area contributed by atoms with Crippen LogP contribution in [0.1, 0.15) is 16.9 Å². The zero-order valence-electron chi connectivity index (χ0n) is 17.0. The van der Waals surface area contributed by atoms with Gasteiger partial charge in [-0.2, -0.15) is 0 Å². The predicted molar refractivity (Wildman–Crippen MR) is 109 cm³/mol. The first kappa shape index (κ1) is 20.6. The number of methoxy groups -OCH3 is 2. The van der Waals surface area contributed by atoms with Gasteiger partial charge in [-0.1, -0.05) is 5.16 Å². The average molecular weight is 429 g/mol. The molecule has 4 rings (SSSR count). The van der Waals surface area contributed by atoms with Gasteiger partial charge in [0.15, 0.2) is 11.5 Å². The predicted octanol–water partition coefficient (Wildman–Crippen LogP) is 3.65. The highest BCUT2D eigenvalue weighted by molar-refractivity contribution is 5.93. The standard InChI is InChI=1S/C22H21F2N3O4/c1-29-15-4-6-20(30-2)16(10-15)21-11-18(26-31-21)22(28)25-14-7-8-27(12-14)19-5-3-13(23)9-17(19)24/h3-6,9-11,14H,7-8,12H2,1-2H3,(H,25,28). The molecule has 1 N–H and O–H groups in total. The first-order chi connectivity index (χ1) is 15.0. The van der Waals surface area contributed by atoms with E-state index in [2.05, 4.69) is 10.5 Å². The number of carbonyl (C=O) groups is 1. The Kier molecular flexibility index (Phi) is 5.75. The van der Waals surface area contributed by atoms with Crippen molar-refractivity contribution in [3.05, 3.63) is 59.8 Å². The van der Waals surface area contributed by atoms with Gasteiger partial charge in [0.05, 0.1) is 25.5 Å². The number of aromatic nitrogens is 1. The van der Waals surface area contributed by atoms with Crippen LogP contribution in [0.5, 0.6) is 11.5 Å². The maximum atomic E-state index is 14.0. The number of benzene rings is 2. The Morgan fingerprint density at radius 2 is 2.00 bits per heavy atom. The number of hydrogen-bond donors (Lipinski definition) is 1. The van der Waals surface area contributed by atoms with Crippen molar-refractivity contribution in [2.45, 2.75) is 12.5 Å². The van der Waals surface area contributed by atoms with E-state index in [-0.39, 0.29) is 11.7 Å². The number of amides is 1. The summed E-state index contributed by atoms with van der Waals surface area (Å²) in [6.07, 6.45) is 0.622. The van der Waals surface area contributed by atoms with Gasteiger partial charge in [0, 0.05) is 31.3 Å². The molecule has 1 aliphatic rings. The molecular weight excluding hydrogens is 408 g/mol. The molecule has 1 fully saturated rings. The lowest BCUT2D eigenvalue weighted by molar-refractivity contribution is 0.0931. The minimum absolute atomic E-state index is 0.117. The number of nitrogens with one attached hydrogen (secondary N) is 1. The highest BCUT2D eigenvalue weighted by Gasteiger charge is 2.27. The minimum atomic E-state index is -0.625. The van der Waals surface area contributed by atoms with Crippen LogP contribution in [0, 0.1) is 11.6 Å². The highest BCUT2D eigenvalue weighted by atomic mass is 19.1. The normalized spacial score (nSPS) is 15.7. The van der Waals surface area contributed by atoms with Gasteiger partial charge in [0.2, 0.25) is 0 Å². The van der Waals surface area contributed by atoms with Crippen LogP contribution in [-0.2, 0) is 0 Å². The summed E-state index contributed by atoms with van der Waals surface area (Å²) in [5, 5.41) is 6.75. The fourth-order valence-electron chi connectivity index (χ4n) is 3.61. The molecule has 0 spiro atoms. The Hall–Kier alpha value is -3.62. The van der Waals surface area contributed by atoms with E-state index >= 15 is 0 Å². The molecule has 0 aliphatic carbocycles. The third-order valence-electron chi connectivity index (χ3n) is 5.19. The maximum absolute atomic E-state index is 14.0. The quantitative estimate of drug-likeness (QED) is 0.645. The summed E-state index contributed by atoms with van der Waals surface area (Å²) in [6.45, 7) is 0.946. The number of rotatable bonds is 6. The van der Waals surface area contributed by atoms with Crippen LogP contribution in [0.25, 0.3) is 11.3 Å². The summed E-state index contributed by atoms with van der Waals surface area (Å²) in [5.41, 5.74) is 1.03. The number of hydrogen-bond acceptors (Lipinski definition) is 6. The summed E-state index contributed by atoms with van der Waals surface area (Å²) in [7, 11) is 3.08. The van der Waals surface area contributed by atoms with Crippen molar-refractivity contribution in [2.24, 2.45) is 0 Å². The van der Waals surface area contributed by atoms with Crippen molar-refractivity contribution in [3.8, 4) is 22.8 Å². The smallest absolute Gasteiger partial charge is 0.273 e. The van der Waals surface area contributed by atoms with Crippen LogP contribution < -0.4 is 19.7 Å². The number of anilines is 1. The van der Waals surface area contributed by atoms with Crippen molar-refractivity contribution in [2.75, 3.05) is 32.2 Å². The molecule has 2 heterocycles. The van der Waals surface area contributed by atoms with Crippen LogP contribution in [-0.4, -0.2) is 44.4 Å². The number of nitrogens with zero attached hydrogens (tertiary/aromatic N) is 2. The van der Waals surface area contributed by atoms with E-state index in [1.165, 1.54) is 25.3 Å². The third kappa shape index (κ3) is 4.30. The fourth-order valence-corrected chi connectivity index (χ4v) is 3.61. The molecule has 1 atom stereocenters. The van der Waals surface area contributed by atoms with E-state index in [1.807, 2.05) is 0 Å². The molecule has 1 aromatic heterocycles. The zero-order valence-corrected chi connectivity index (χ0v) is 17.0. The topological polar surface area (TPSA) is 76.8 Å². The van der Waals surface area contributed by atoms with E-state index in [0.29, 0.717) is 48.0 Å². The molecular formula is C22H21F2N3O4. The van der Waals surface area contributed by atoms with Gasteiger partial charge < -0.3 is 24.2 Å².